The molecule has 0 saturated heterocycles. The molecule has 15 heavy (non-hydrogen) atoms. The molecule has 1 aromatic rings. The fourth-order valence-corrected chi connectivity index (χ4v) is 1.82. The largest absolute Gasteiger partial charge is 0.486 e. The van der Waals surface area contributed by atoms with E-state index in [4.69, 9.17) is 26.3 Å². The standard InChI is InChI=1S/C10H12ClNO3/c1-6-9(11)7(5-12-13)4-8-10(6)15-3-2-14-8/h4,12-13H,2-3,5H2,1H3. The molecular formula is C10H12ClNO3. The SMILES string of the molecule is Cc1c(Cl)c(CNO)cc2c1OCCO2. The summed E-state index contributed by atoms with van der Waals surface area (Å²) in [6.45, 7) is 3.24. The van der Waals surface area contributed by atoms with Crippen LogP contribution < -0.4 is 15.0 Å². The van der Waals surface area contributed by atoms with Crippen LogP contribution in [0.25, 0.3) is 0 Å². The van der Waals surface area contributed by atoms with Crippen molar-refractivity contribution >= 4 is 11.6 Å². The predicted molar refractivity (Wildman–Crippen MR) is 55.8 cm³/mol. The Hall–Kier alpha value is -0.970. The summed E-state index contributed by atoms with van der Waals surface area (Å²) < 4.78 is 10.9. The van der Waals surface area contributed by atoms with E-state index in [1.54, 1.807) is 6.07 Å². The molecule has 0 aliphatic carbocycles. The number of hydrogen-bond donors (Lipinski definition) is 2. The highest BCUT2D eigenvalue weighted by Gasteiger charge is 2.19. The van der Waals surface area contributed by atoms with E-state index in [1.807, 2.05) is 6.92 Å². The van der Waals surface area contributed by atoms with Crippen LogP contribution in [0.5, 0.6) is 11.5 Å². The summed E-state index contributed by atoms with van der Waals surface area (Å²) >= 11 is 6.12. The second-order valence-electron chi connectivity index (χ2n) is 3.33. The van der Waals surface area contributed by atoms with Crippen molar-refractivity contribution in [3.63, 3.8) is 0 Å². The van der Waals surface area contributed by atoms with Crippen LogP contribution in [-0.4, -0.2) is 18.4 Å². The lowest BCUT2D eigenvalue weighted by Gasteiger charge is -2.22. The van der Waals surface area contributed by atoms with E-state index in [2.05, 4.69) is 5.48 Å². The van der Waals surface area contributed by atoms with Gasteiger partial charge < -0.3 is 14.7 Å². The lowest BCUT2D eigenvalue weighted by atomic mass is 10.1. The minimum absolute atomic E-state index is 0.288. The zero-order valence-corrected chi connectivity index (χ0v) is 9.10. The molecule has 0 aromatic heterocycles. The van der Waals surface area contributed by atoms with Gasteiger partial charge in [0.05, 0.1) is 5.02 Å². The summed E-state index contributed by atoms with van der Waals surface area (Å²) in [6, 6.07) is 1.78. The maximum Gasteiger partial charge on any atom is 0.165 e. The second kappa shape index (κ2) is 4.26. The first-order valence-electron chi connectivity index (χ1n) is 4.68. The smallest absolute Gasteiger partial charge is 0.165 e. The third-order valence-electron chi connectivity index (χ3n) is 2.34. The van der Waals surface area contributed by atoms with Gasteiger partial charge in [-0.25, -0.2) is 5.48 Å². The molecule has 0 saturated carbocycles. The Balaban J connectivity index is 2.47. The van der Waals surface area contributed by atoms with Crippen LogP contribution in [0.4, 0.5) is 0 Å². The van der Waals surface area contributed by atoms with Gasteiger partial charge in [0.25, 0.3) is 0 Å². The summed E-state index contributed by atoms with van der Waals surface area (Å²) in [5.74, 6) is 1.39. The minimum Gasteiger partial charge on any atom is -0.486 e. The van der Waals surface area contributed by atoms with E-state index >= 15 is 0 Å². The van der Waals surface area contributed by atoms with Gasteiger partial charge in [-0.1, -0.05) is 11.6 Å². The topological polar surface area (TPSA) is 50.7 Å². The van der Waals surface area contributed by atoms with Crippen LogP contribution in [0, 0.1) is 6.92 Å². The van der Waals surface area contributed by atoms with Crippen molar-refractivity contribution in [1.82, 2.24) is 5.48 Å². The molecule has 0 atom stereocenters. The van der Waals surface area contributed by atoms with Gasteiger partial charge in [0, 0.05) is 12.1 Å². The van der Waals surface area contributed by atoms with E-state index in [9.17, 15) is 0 Å². The van der Waals surface area contributed by atoms with Crippen molar-refractivity contribution in [1.29, 1.82) is 0 Å². The molecule has 0 unspecified atom stereocenters. The number of benzene rings is 1. The highest BCUT2D eigenvalue weighted by molar-refractivity contribution is 6.32. The third-order valence-corrected chi connectivity index (χ3v) is 2.86. The normalized spacial score (nSPS) is 14.1. The Bertz CT molecular complexity index is 381. The molecular weight excluding hydrogens is 218 g/mol. The first-order chi connectivity index (χ1) is 7.24. The lowest BCUT2D eigenvalue weighted by molar-refractivity contribution is 0.159. The zero-order chi connectivity index (χ0) is 10.8. The number of fused-ring (bicyclic) bond motifs is 1. The fraction of sp³-hybridized carbons (Fsp3) is 0.400. The highest BCUT2D eigenvalue weighted by atomic mass is 35.5. The van der Waals surface area contributed by atoms with Crippen molar-refractivity contribution < 1.29 is 14.7 Å². The molecule has 0 bridgehead atoms. The second-order valence-corrected chi connectivity index (χ2v) is 3.71. The molecule has 0 radical (unpaired) electrons. The molecule has 1 aliphatic rings. The van der Waals surface area contributed by atoms with Crippen LogP contribution in [0.15, 0.2) is 6.07 Å². The van der Waals surface area contributed by atoms with Gasteiger partial charge in [0.15, 0.2) is 11.5 Å². The Morgan fingerprint density at radius 2 is 2.20 bits per heavy atom. The van der Waals surface area contributed by atoms with E-state index in [0.717, 1.165) is 11.1 Å². The quantitative estimate of drug-likeness (QED) is 0.761. The Labute approximate surface area is 92.7 Å². The lowest BCUT2D eigenvalue weighted by Crippen LogP contribution is -2.17. The van der Waals surface area contributed by atoms with Crippen molar-refractivity contribution in [3.05, 3.63) is 22.2 Å². The molecule has 0 fully saturated rings. The van der Waals surface area contributed by atoms with Crippen molar-refractivity contribution in [2.24, 2.45) is 0 Å². The number of hydroxylamine groups is 1. The summed E-state index contributed by atoms with van der Waals surface area (Å²) in [7, 11) is 0. The van der Waals surface area contributed by atoms with Crippen LogP contribution in [0.3, 0.4) is 0 Å². The summed E-state index contributed by atoms with van der Waals surface area (Å²) in [6.07, 6.45) is 0. The van der Waals surface area contributed by atoms with E-state index in [1.165, 1.54) is 0 Å². The molecule has 82 valence electrons. The van der Waals surface area contributed by atoms with Gasteiger partial charge in [0.1, 0.15) is 13.2 Å². The Kier molecular flexibility index (Phi) is 3.00. The van der Waals surface area contributed by atoms with Gasteiger partial charge >= 0.3 is 0 Å². The molecule has 0 spiro atoms. The average Bonchev–Trinajstić information content (AvgIpc) is 2.26. The van der Waals surface area contributed by atoms with Gasteiger partial charge in [-0.3, -0.25) is 0 Å². The monoisotopic (exact) mass is 229 g/mol. The summed E-state index contributed by atoms with van der Waals surface area (Å²) in [5.41, 5.74) is 3.72. The number of rotatable bonds is 2. The molecule has 4 nitrogen and oxygen atoms in total. The van der Waals surface area contributed by atoms with Crippen LogP contribution in [-0.2, 0) is 6.54 Å². The number of nitrogens with one attached hydrogen (secondary N) is 1. The first-order valence-corrected chi connectivity index (χ1v) is 5.06. The average molecular weight is 230 g/mol. The van der Waals surface area contributed by atoms with E-state index in [0.29, 0.717) is 29.7 Å². The number of halogens is 1. The molecule has 1 aromatic carbocycles. The molecule has 2 rings (SSSR count). The van der Waals surface area contributed by atoms with Crippen LogP contribution in [0.1, 0.15) is 11.1 Å². The zero-order valence-electron chi connectivity index (χ0n) is 8.34. The van der Waals surface area contributed by atoms with Crippen molar-refractivity contribution in [2.45, 2.75) is 13.5 Å². The molecule has 2 N–H and O–H groups in total. The highest BCUT2D eigenvalue weighted by Crippen LogP contribution is 2.39. The van der Waals surface area contributed by atoms with Crippen LogP contribution in [0.2, 0.25) is 5.02 Å². The molecule has 5 heteroatoms. The van der Waals surface area contributed by atoms with Gasteiger partial charge in [-0.2, -0.15) is 0 Å². The Morgan fingerprint density at radius 3 is 2.93 bits per heavy atom. The minimum atomic E-state index is 0.288. The summed E-state index contributed by atoms with van der Waals surface area (Å²) in [4.78, 5) is 0. The van der Waals surface area contributed by atoms with E-state index in [-0.39, 0.29) is 6.54 Å². The summed E-state index contributed by atoms with van der Waals surface area (Å²) in [5, 5.41) is 9.26. The fourth-order valence-electron chi connectivity index (χ4n) is 1.61. The van der Waals surface area contributed by atoms with E-state index < -0.39 is 0 Å². The van der Waals surface area contributed by atoms with Gasteiger partial charge in [-0.15, -0.1) is 0 Å². The number of ether oxygens (including phenoxy) is 2. The maximum absolute atomic E-state index is 8.66. The van der Waals surface area contributed by atoms with Crippen molar-refractivity contribution in [2.75, 3.05) is 13.2 Å². The van der Waals surface area contributed by atoms with Gasteiger partial charge in [0.2, 0.25) is 0 Å². The molecule has 1 aliphatic heterocycles. The third kappa shape index (κ3) is 1.88. The molecule has 1 heterocycles. The Morgan fingerprint density at radius 1 is 1.47 bits per heavy atom. The maximum atomic E-state index is 8.66. The predicted octanol–water partition coefficient (Wildman–Crippen LogP) is 1.90. The van der Waals surface area contributed by atoms with Crippen LogP contribution >= 0.6 is 11.6 Å². The first kappa shape index (κ1) is 10.5. The van der Waals surface area contributed by atoms with Gasteiger partial charge in [-0.05, 0) is 18.6 Å². The molecule has 0 amide bonds. The number of hydrogen-bond acceptors (Lipinski definition) is 4. The van der Waals surface area contributed by atoms with Crippen molar-refractivity contribution in [3.8, 4) is 11.5 Å².